The smallest absolute Gasteiger partial charge is 0.341 e. The van der Waals surface area contributed by atoms with E-state index in [2.05, 4.69) is 20.9 Å². The summed E-state index contributed by atoms with van der Waals surface area (Å²) in [5.74, 6) is -0.570. The molecule has 2 aromatic heterocycles. The molecular formula is C21H24N4O3S. The van der Waals surface area contributed by atoms with Gasteiger partial charge in [-0.25, -0.2) is 9.78 Å². The summed E-state index contributed by atoms with van der Waals surface area (Å²) in [6.45, 7) is 3.43. The predicted octanol–water partition coefficient (Wildman–Crippen LogP) is 4.00. The molecule has 0 spiro atoms. The first kappa shape index (κ1) is 20.9. The minimum Gasteiger partial charge on any atom is -0.452 e. The summed E-state index contributed by atoms with van der Waals surface area (Å²) in [5, 5.41) is 13.0. The first-order chi connectivity index (χ1) is 14.0. The molecule has 1 N–H and O–H groups in total. The van der Waals surface area contributed by atoms with Crippen LogP contribution in [0.4, 0.5) is 5.82 Å². The molecule has 0 atom stereocenters. The van der Waals surface area contributed by atoms with Gasteiger partial charge in [0.15, 0.2) is 6.61 Å². The van der Waals surface area contributed by atoms with E-state index in [1.54, 1.807) is 18.3 Å². The van der Waals surface area contributed by atoms with Crippen molar-refractivity contribution in [3.63, 3.8) is 0 Å². The van der Waals surface area contributed by atoms with Gasteiger partial charge in [-0.15, -0.1) is 11.8 Å². The van der Waals surface area contributed by atoms with Crippen molar-refractivity contribution in [2.24, 2.45) is 0 Å². The third-order valence-corrected chi connectivity index (χ3v) is 6.05. The number of thioether (sulfide) groups is 1. The number of anilines is 1. The van der Waals surface area contributed by atoms with E-state index in [9.17, 15) is 14.9 Å². The van der Waals surface area contributed by atoms with Crippen molar-refractivity contribution in [2.75, 3.05) is 18.2 Å². The Bertz CT molecular complexity index is 971. The summed E-state index contributed by atoms with van der Waals surface area (Å²) in [6, 6.07) is 5.74. The minimum absolute atomic E-state index is 0.271. The summed E-state index contributed by atoms with van der Waals surface area (Å²) >= 11 is 1.33. The average Bonchev–Trinajstić information content (AvgIpc) is 3.33. The number of hydrogen-bond donors (Lipinski definition) is 1. The Morgan fingerprint density at radius 1 is 1.38 bits per heavy atom. The zero-order valence-corrected chi connectivity index (χ0v) is 17.6. The number of rotatable bonds is 6. The monoisotopic (exact) mass is 412 g/mol. The van der Waals surface area contributed by atoms with E-state index in [0.29, 0.717) is 22.0 Å². The van der Waals surface area contributed by atoms with E-state index in [0.717, 1.165) is 36.9 Å². The Hall–Kier alpha value is -2.79. The zero-order chi connectivity index (χ0) is 21.0. The Balaban J connectivity index is 1.75. The zero-order valence-electron chi connectivity index (χ0n) is 16.8. The molecule has 1 fully saturated rings. The van der Waals surface area contributed by atoms with Gasteiger partial charge < -0.3 is 14.6 Å². The standard InChI is InChI=1S/C21H24N4O3S/c1-13-14(2)25(15-7-4-5-8-15)19(17(13)11-22)24-18(26)12-28-21(27)16-9-6-10-23-20(16)29-3/h6,9-10,15H,4-5,7-8,12H2,1-3H3,(H,24,26). The van der Waals surface area contributed by atoms with Gasteiger partial charge in [-0.2, -0.15) is 5.26 Å². The van der Waals surface area contributed by atoms with Crippen molar-refractivity contribution < 1.29 is 14.3 Å². The van der Waals surface area contributed by atoms with Crippen LogP contribution in [0.25, 0.3) is 0 Å². The molecule has 1 aliphatic carbocycles. The van der Waals surface area contributed by atoms with E-state index in [1.165, 1.54) is 11.8 Å². The normalized spacial score (nSPS) is 13.9. The van der Waals surface area contributed by atoms with Crippen molar-refractivity contribution in [1.29, 1.82) is 5.26 Å². The van der Waals surface area contributed by atoms with E-state index in [-0.39, 0.29) is 6.04 Å². The third kappa shape index (κ3) is 4.30. The quantitative estimate of drug-likeness (QED) is 0.569. The number of nitrogens with one attached hydrogen (secondary N) is 1. The van der Waals surface area contributed by atoms with Crippen LogP contribution in [0.1, 0.15) is 58.9 Å². The van der Waals surface area contributed by atoms with Crippen LogP contribution in [0, 0.1) is 25.2 Å². The van der Waals surface area contributed by atoms with E-state index in [1.807, 2.05) is 20.1 Å². The van der Waals surface area contributed by atoms with Crippen molar-refractivity contribution in [3.8, 4) is 6.07 Å². The van der Waals surface area contributed by atoms with Crippen molar-refractivity contribution in [1.82, 2.24) is 9.55 Å². The van der Waals surface area contributed by atoms with Gasteiger partial charge in [0.25, 0.3) is 5.91 Å². The molecule has 0 saturated heterocycles. The summed E-state index contributed by atoms with van der Waals surface area (Å²) < 4.78 is 7.25. The van der Waals surface area contributed by atoms with E-state index < -0.39 is 18.5 Å². The molecule has 0 radical (unpaired) electrons. The first-order valence-electron chi connectivity index (χ1n) is 9.55. The highest BCUT2D eigenvalue weighted by atomic mass is 32.2. The SMILES string of the molecule is CSc1ncccc1C(=O)OCC(=O)Nc1c(C#N)c(C)c(C)n1C1CCCC1. The minimum atomic E-state index is -0.600. The molecular weight excluding hydrogens is 388 g/mol. The molecule has 1 saturated carbocycles. The molecule has 3 rings (SSSR count). The Morgan fingerprint density at radius 2 is 2.10 bits per heavy atom. The fraction of sp³-hybridized carbons (Fsp3) is 0.429. The number of amides is 1. The largest absolute Gasteiger partial charge is 0.452 e. The fourth-order valence-corrected chi connectivity index (χ4v) is 4.33. The third-order valence-electron chi connectivity index (χ3n) is 5.34. The number of ether oxygens (including phenoxy) is 1. The maximum atomic E-state index is 12.5. The molecule has 2 heterocycles. The lowest BCUT2D eigenvalue weighted by Crippen LogP contribution is -2.24. The molecule has 29 heavy (non-hydrogen) atoms. The number of nitriles is 1. The molecule has 1 amide bonds. The van der Waals surface area contributed by atoms with E-state index >= 15 is 0 Å². The topological polar surface area (TPSA) is 97.0 Å². The molecule has 152 valence electrons. The number of hydrogen-bond acceptors (Lipinski definition) is 6. The molecule has 8 heteroatoms. The predicted molar refractivity (Wildman–Crippen MR) is 111 cm³/mol. The molecule has 0 unspecified atom stereocenters. The number of aromatic nitrogens is 2. The van der Waals surface area contributed by atoms with Crippen LogP contribution < -0.4 is 5.32 Å². The number of esters is 1. The second-order valence-corrected chi connectivity index (χ2v) is 7.83. The Kier molecular flexibility index (Phi) is 6.60. The number of pyridine rings is 1. The molecule has 0 aromatic carbocycles. The Morgan fingerprint density at radius 3 is 2.76 bits per heavy atom. The van der Waals surface area contributed by atoms with Gasteiger partial charge in [0.1, 0.15) is 16.9 Å². The maximum Gasteiger partial charge on any atom is 0.341 e. The van der Waals surface area contributed by atoms with Crippen molar-refractivity contribution >= 4 is 29.5 Å². The molecule has 0 aliphatic heterocycles. The van der Waals surface area contributed by atoms with Gasteiger partial charge in [-0.05, 0) is 50.6 Å². The van der Waals surface area contributed by atoms with Crippen LogP contribution >= 0.6 is 11.8 Å². The molecule has 7 nitrogen and oxygen atoms in total. The highest BCUT2D eigenvalue weighted by molar-refractivity contribution is 7.98. The van der Waals surface area contributed by atoms with Crippen LogP contribution in [0.5, 0.6) is 0 Å². The number of carbonyl (C=O) groups is 2. The Labute approximate surface area is 174 Å². The highest BCUT2D eigenvalue weighted by Gasteiger charge is 2.27. The highest BCUT2D eigenvalue weighted by Crippen LogP contribution is 2.37. The lowest BCUT2D eigenvalue weighted by atomic mass is 10.2. The number of nitrogens with zero attached hydrogens (tertiary/aromatic N) is 3. The fourth-order valence-electron chi connectivity index (χ4n) is 3.79. The summed E-state index contributed by atoms with van der Waals surface area (Å²) in [4.78, 5) is 29.0. The second-order valence-electron chi connectivity index (χ2n) is 7.04. The van der Waals surface area contributed by atoms with Crippen LogP contribution in [0.3, 0.4) is 0 Å². The van der Waals surface area contributed by atoms with Crippen LogP contribution in [0.2, 0.25) is 0 Å². The summed E-state index contributed by atoms with van der Waals surface area (Å²) in [6.07, 6.45) is 7.73. The molecule has 2 aromatic rings. The lowest BCUT2D eigenvalue weighted by molar-refractivity contribution is -0.119. The average molecular weight is 413 g/mol. The van der Waals surface area contributed by atoms with Gasteiger partial charge in [-0.3, -0.25) is 4.79 Å². The van der Waals surface area contributed by atoms with Crippen molar-refractivity contribution in [2.45, 2.75) is 50.6 Å². The maximum absolute atomic E-state index is 12.5. The van der Waals surface area contributed by atoms with Gasteiger partial charge in [0, 0.05) is 17.9 Å². The van der Waals surface area contributed by atoms with Gasteiger partial charge in [-0.1, -0.05) is 12.8 Å². The summed E-state index contributed by atoms with van der Waals surface area (Å²) in [5.41, 5.74) is 2.64. The first-order valence-corrected chi connectivity index (χ1v) is 10.8. The molecule has 1 aliphatic rings. The van der Waals surface area contributed by atoms with E-state index in [4.69, 9.17) is 4.74 Å². The second kappa shape index (κ2) is 9.14. The van der Waals surface area contributed by atoms with Crippen LogP contribution in [0.15, 0.2) is 23.4 Å². The van der Waals surface area contributed by atoms with Gasteiger partial charge in [0.2, 0.25) is 0 Å². The van der Waals surface area contributed by atoms with Crippen molar-refractivity contribution in [3.05, 3.63) is 40.7 Å². The molecule has 0 bridgehead atoms. The van der Waals surface area contributed by atoms with Gasteiger partial charge in [0.05, 0.1) is 11.1 Å². The number of carbonyl (C=O) groups excluding carboxylic acids is 2. The van der Waals surface area contributed by atoms with Crippen LogP contribution in [-0.4, -0.2) is 34.3 Å². The lowest BCUT2D eigenvalue weighted by Gasteiger charge is -2.19. The van der Waals surface area contributed by atoms with Crippen LogP contribution in [-0.2, 0) is 9.53 Å². The summed E-state index contributed by atoms with van der Waals surface area (Å²) in [7, 11) is 0. The van der Waals surface area contributed by atoms with Gasteiger partial charge >= 0.3 is 5.97 Å².